The molecule has 1 aromatic rings. The van der Waals surface area contributed by atoms with Crippen LogP contribution >= 0.6 is 15.9 Å². The van der Waals surface area contributed by atoms with Gasteiger partial charge in [-0.2, -0.15) is 0 Å². The minimum Gasteiger partial charge on any atom is -0.493 e. The molecule has 0 fully saturated rings. The van der Waals surface area contributed by atoms with Crippen LogP contribution in [0.4, 0.5) is 0 Å². The highest BCUT2D eigenvalue weighted by Crippen LogP contribution is 2.36. The van der Waals surface area contributed by atoms with Gasteiger partial charge in [0.25, 0.3) is 5.91 Å². The lowest BCUT2D eigenvalue weighted by atomic mass is 10.0. The molecule has 0 spiro atoms. The maximum Gasteiger partial charge on any atom is 0.326 e. The molecule has 0 bridgehead atoms. The highest BCUT2D eigenvalue weighted by molar-refractivity contribution is 9.10. The first kappa shape index (κ1) is 17.3. The predicted octanol–water partition coefficient (Wildman–Crippen LogP) is 2.31. The zero-order valence-corrected chi connectivity index (χ0v) is 13.9. The maximum atomic E-state index is 12.2. The van der Waals surface area contributed by atoms with E-state index in [2.05, 4.69) is 21.2 Å². The second kappa shape index (κ2) is 7.31. The Hall–Kier alpha value is -1.76. The van der Waals surface area contributed by atoms with Crippen molar-refractivity contribution in [3.63, 3.8) is 0 Å². The normalized spacial score (nSPS) is 11.9. The average Bonchev–Trinajstić information content (AvgIpc) is 2.42. The highest BCUT2D eigenvalue weighted by atomic mass is 79.9. The minimum absolute atomic E-state index is 0.227. The number of halogens is 1. The van der Waals surface area contributed by atoms with E-state index < -0.39 is 17.9 Å². The summed E-state index contributed by atoms with van der Waals surface area (Å²) in [7, 11) is 2.95. The Kier molecular flexibility index (Phi) is 6.02. The molecule has 7 heteroatoms. The summed E-state index contributed by atoms with van der Waals surface area (Å²) >= 11 is 3.29. The number of hydrogen-bond acceptors (Lipinski definition) is 4. The van der Waals surface area contributed by atoms with Gasteiger partial charge in [-0.3, -0.25) is 4.79 Å². The molecule has 116 valence electrons. The lowest BCUT2D eigenvalue weighted by Gasteiger charge is -2.18. The summed E-state index contributed by atoms with van der Waals surface area (Å²) in [4.78, 5) is 23.3. The summed E-state index contributed by atoms with van der Waals surface area (Å²) in [6.45, 7) is 3.45. The van der Waals surface area contributed by atoms with E-state index in [-0.39, 0.29) is 11.5 Å². The van der Waals surface area contributed by atoms with E-state index in [0.717, 1.165) is 0 Å². The Morgan fingerprint density at radius 2 is 1.86 bits per heavy atom. The number of amides is 1. The number of carbonyl (C=O) groups excluding carboxylic acids is 1. The first-order chi connectivity index (χ1) is 9.81. The van der Waals surface area contributed by atoms with Gasteiger partial charge in [-0.25, -0.2) is 4.79 Å². The van der Waals surface area contributed by atoms with Crippen LogP contribution in [0.25, 0.3) is 0 Å². The van der Waals surface area contributed by atoms with Gasteiger partial charge in [-0.15, -0.1) is 0 Å². The molecule has 0 unspecified atom stereocenters. The Morgan fingerprint density at radius 1 is 1.24 bits per heavy atom. The molecule has 0 aliphatic carbocycles. The topological polar surface area (TPSA) is 84.9 Å². The molecule has 0 aromatic heterocycles. The fourth-order valence-electron chi connectivity index (χ4n) is 1.79. The summed E-state index contributed by atoms with van der Waals surface area (Å²) in [5.41, 5.74) is 0.284. The molecule has 0 aliphatic rings. The van der Waals surface area contributed by atoms with E-state index in [9.17, 15) is 9.59 Å². The number of nitrogens with one attached hydrogen (secondary N) is 1. The average molecular weight is 360 g/mol. The summed E-state index contributed by atoms with van der Waals surface area (Å²) in [5.74, 6) is -0.938. The van der Waals surface area contributed by atoms with Crippen LogP contribution in [-0.2, 0) is 4.79 Å². The van der Waals surface area contributed by atoms with E-state index in [1.165, 1.54) is 20.3 Å². The van der Waals surface area contributed by atoms with Gasteiger partial charge < -0.3 is 19.9 Å². The minimum atomic E-state index is -1.07. The third-order valence-corrected chi connectivity index (χ3v) is 3.50. The molecule has 0 radical (unpaired) electrons. The molecule has 1 aromatic carbocycles. The molecule has 0 heterocycles. The number of aliphatic carboxylic acids is 1. The van der Waals surface area contributed by atoms with Crippen LogP contribution in [0.5, 0.6) is 11.5 Å². The maximum absolute atomic E-state index is 12.2. The summed E-state index contributed by atoms with van der Waals surface area (Å²) in [5, 5.41) is 11.6. The third-order valence-electron chi connectivity index (χ3n) is 2.92. The van der Waals surface area contributed by atoms with Gasteiger partial charge in [-0.1, -0.05) is 13.8 Å². The molecule has 2 N–H and O–H groups in total. The lowest BCUT2D eigenvalue weighted by molar-refractivity contribution is -0.140. The quantitative estimate of drug-likeness (QED) is 0.813. The SMILES string of the molecule is COc1cc(C(=O)N[C@H](C(=O)O)C(C)C)cc(Br)c1OC. The smallest absolute Gasteiger partial charge is 0.326 e. The standard InChI is InChI=1S/C14H18BrNO5/c1-7(2)11(14(18)19)16-13(17)8-5-9(15)12(21-4)10(6-8)20-3/h5-7,11H,1-4H3,(H,16,17)(H,18,19)/t11-/m0/s1. The van der Waals surface area contributed by atoms with Crippen LogP contribution in [0.15, 0.2) is 16.6 Å². The first-order valence-electron chi connectivity index (χ1n) is 6.27. The molecule has 21 heavy (non-hydrogen) atoms. The van der Waals surface area contributed by atoms with E-state index in [4.69, 9.17) is 14.6 Å². The molecular formula is C14H18BrNO5. The number of carboxylic acid groups (broad SMARTS) is 1. The Balaban J connectivity index is 3.08. The molecular weight excluding hydrogens is 342 g/mol. The molecule has 0 aliphatic heterocycles. The monoisotopic (exact) mass is 359 g/mol. The highest BCUT2D eigenvalue weighted by Gasteiger charge is 2.25. The van der Waals surface area contributed by atoms with Gasteiger partial charge in [0.15, 0.2) is 11.5 Å². The third kappa shape index (κ3) is 4.10. The zero-order valence-electron chi connectivity index (χ0n) is 12.3. The van der Waals surface area contributed by atoms with Crippen LogP contribution in [0, 0.1) is 5.92 Å². The van der Waals surface area contributed by atoms with Crippen molar-refractivity contribution in [2.45, 2.75) is 19.9 Å². The van der Waals surface area contributed by atoms with Crippen molar-refractivity contribution in [1.82, 2.24) is 5.32 Å². The van der Waals surface area contributed by atoms with Crippen LogP contribution < -0.4 is 14.8 Å². The number of benzene rings is 1. The Labute approximate surface area is 131 Å². The lowest BCUT2D eigenvalue weighted by Crippen LogP contribution is -2.44. The van der Waals surface area contributed by atoms with Gasteiger partial charge in [-0.05, 0) is 34.0 Å². The molecule has 0 saturated heterocycles. The van der Waals surface area contributed by atoms with Crippen molar-refractivity contribution in [1.29, 1.82) is 0 Å². The zero-order chi connectivity index (χ0) is 16.2. The number of carbonyl (C=O) groups is 2. The van der Waals surface area contributed by atoms with Crippen molar-refractivity contribution in [2.75, 3.05) is 14.2 Å². The van der Waals surface area contributed by atoms with Crippen molar-refractivity contribution in [2.24, 2.45) is 5.92 Å². The van der Waals surface area contributed by atoms with Gasteiger partial charge in [0, 0.05) is 5.56 Å². The second-order valence-corrected chi connectivity index (χ2v) is 5.58. The first-order valence-corrected chi connectivity index (χ1v) is 7.06. The molecule has 6 nitrogen and oxygen atoms in total. The van der Waals surface area contributed by atoms with Crippen LogP contribution in [0.2, 0.25) is 0 Å². The molecule has 1 atom stereocenters. The largest absolute Gasteiger partial charge is 0.493 e. The van der Waals surface area contributed by atoms with E-state index in [1.807, 2.05) is 0 Å². The van der Waals surface area contributed by atoms with Crippen molar-refractivity contribution in [3.8, 4) is 11.5 Å². The Morgan fingerprint density at radius 3 is 2.29 bits per heavy atom. The van der Waals surface area contributed by atoms with E-state index >= 15 is 0 Å². The van der Waals surface area contributed by atoms with Gasteiger partial charge in [0.1, 0.15) is 6.04 Å². The van der Waals surface area contributed by atoms with E-state index in [1.54, 1.807) is 19.9 Å². The number of rotatable bonds is 6. The van der Waals surface area contributed by atoms with Crippen LogP contribution in [0.3, 0.4) is 0 Å². The van der Waals surface area contributed by atoms with Crippen LogP contribution in [0.1, 0.15) is 24.2 Å². The van der Waals surface area contributed by atoms with Gasteiger partial charge in [0.2, 0.25) is 0 Å². The molecule has 1 rings (SSSR count). The number of methoxy groups -OCH3 is 2. The van der Waals surface area contributed by atoms with Crippen molar-refractivity contribution >= 4 is 27.8 Å². The van der Waals surface area contributed by atoms with Gasteiger partial charge >= 0.3 is 5.97 Å². The van der Waals surface area contributed by atoms with Crippen molar-refractivity contribution < 1.29 is 24.2 Å². The summed E-state index contributed by atoms with van der Waals surface area (Å²) < 4.78 is 10.9. The summed E-state index contributed by atoms with van der Waals surface area (Å²) in [6.07, 6.45) is 0. The van der Waals surface area contributed by atoms with Crippen LogP contribution in [-0.4, -0.2) is 37.2 Å². The molecule has 0 saturated carbocycles. The molecule has 1 amide bonds. The predicted molar refractivity (Wildman–Crippen MR) is 81.0 cm³/mol. The number of ether oxygens (including phenoxy) is 2. The van der Waals surface area contributed by atoms with Gasteiger partial charge in [0.05, 0.1) is 18.7 Å². The summed E-state index contributed by atoms with van der Waals surface area (Å²) in [6, 6.07) is 2.10. The fourth-order valence-corrected chi connectivity index (χ4v) is 2.39. The fraction of sp³-hybridized carbons (Fsp3) is 0.429. The number of hydrogen-bond donors (Lipinski definition) is 2. The van der Waals surface area contributed by atoms with Crippen molar-refractivity contribution in [3.05, 3.63) is 22.2 Å². The van der Waals surface area contributed by atoms with E-state index in [0.29, 0.717) is 16.0 Å². The Bertz CT molecular complexity index is 544. The second-order valence-electron chi connectivity index (χ2n) is 4.73. The number of carboxylic acids is 1.